The molecular formula is C10H20CuN2O11. The molecule has 13 nitrogen and oxygen atoms in total. The fourth-order valence-electron chi connectivity index (χ4n) is 1.81. The van der Waals surface area contributed by atoms with Crippen molar-refractivity contribution in [3.05, 3.63) is 0 Å². The smallest absolute Gasteiger partial charge is 0.543 e. The fourth-order valence-corrected chi connectivity index (χ4v) is 1.81. The Hall–Kier alpha value is -1.80. The third kappa shape index (κ3) is 16.6. The molecular weight excluding hydrogens is 388 g/mol. The average molecular weight is 408 g/mol. The number of piperazine rings is 3. The molecule has 1 radical (unpaired) electrons. The van der Waals surface area contributed by atoms with Gasteiger partial charge in [0, 0.05) is 0 Å². The van der Waals surface area contributed by atoms with E-state index in [-0.39, 0.29) is 33.5 Å². The van der Waals surface area contributed by atoms with Crippen LogP contribution in [-0.2, 0) is 36.2 Å². The van der Waals surface area contributed by atoms with Gasteiger partial charge in [-0.2, -0.15) is 0 Å². The summed E-state index contributed by atoms with van der Waals surface area (Å²) in [5, 5.41) is 35.7. The van der Waals surface area contributed by atoms with E-state index in [1.165, 1.54) is 39.3 Å². The molecule has 3 rings (SSSR count). The number of nitrogens with one attached hydrogen (secondary N) is 2. The van der Waals surface area contributed by atoms with Gasteiger partial charge < -0.3 is 65.8 Å². The van der Waals surface area contributed by atoms with Gasteiger partial charge in [0.15, 0.2) is 0 Å². The zero-order valence-electron chi connectivity index (χ0n) is 12.3. The van der Waals surface area contributed by atoms with Gasteiger partial charge in [0.05, 0.1) is 23.9 Å². The second-order valence-electron chi connectivity index (χ2n) is 4.15. The summed E-state index contributed by atoms with van der Waals surface area (Å²) in [6, 6.07) is 0. The van der Waals surface area contributed by atoms with Crippen molar-refractivity contribution in [2.75, 3.05) is 39.3 Å². The van der Waals surface area contributed by atoms with Gasteiger partial charge >= 0.3 is 17.1 Å². The van der Waals surface area contributed by atoms with Crippen molar-refractivity contribution in [3.8, 4) is 0 Å². The van der Waals surface area contributed by atoms with E-state index in [0.717, 1.165) is 0 Å². The SMILES string of the molecule is C1C[NH+]2CC[NH+]1CC2.O.O.O.O=C([O-])C(=O)[O-].O=C([O-])C(=O)[O-].[Cu+2]. The molecule has 0 aromatic heterocycles. The molecule has 0 unspecified atom stereocenters. The first-order chi connectivity index (χ1) is 9.23. The number of hydrogen-bond acceptors (Lipinski definition) is 8. The Morgan fingerprint density at radius 1 is 0.500 bits per heavy atom. The number of aliphatic carboxylic acids is 4. The van der Waals surface area contributed by atoms with Crippen LogP contribution < -0.4 is 30.2 Å². The summed E-state index contributed by atoms with van der Waals surface area (Å²) in [5.41, 5.74) is 0. The van der Waals surface area contributed by atoms with Crippen LogP contribution in [0.4, 0.5) is 0 Å². The fraction of sp³-hybridized carbons (Fsp3) is 0.600. The van der Waals surface area contributed by atoms with Gasteiger partial charge in [-0.3, -0.25) is 0 Å². The molecule has 0 aromatic carbocycles. The van der Waals surface area contributed by atoms with Crippen molar-refractivity contribution in [1.82, 2.24) is 0 Å². The zero-order valence-corrected chi connectivity index (χ0v) is 13.3. The largest absolute Gasteiger partial charge is 2.00 e. The number of fused-ring (bicyclic) bond motifs is 3. The van der Waals surface area contributed by atoms with Crippen LogP contribution in [0.15, 0.2) is 0 Å². The third-order valence-corrected chi connectivity index (χ3v) is 2.83. The first kappa shape index (κ1) is 33.7. The number of carbonyl (C=O) groups excluding carboxylic acids is 4. The van der Waals surface area contributed by atoms with Crippen molar-refractivity contribution >= 4 is 23.9 Å². The Bertz CT molecular complexity index is 314. The monoisotopic (exact) mass is 407 g/mol. The molecule has 0 spiro atoms. The predicted molar refractivity (Wildman–Crippen MR) is 62.0 cm³/mol. The van der Waals surface area contributed by atoms with E-state index in [4.69, 9.17) is 39.6 Å². The van der Waals surface area contributed by atoms with Crippen LogP contribution in [-0.4, -0.2) is 79.6 Å². The summed E-state index contributed by atoms with van der Waals surface area (Å²) in [6.45, 7) is 8.64. The minimum atomic E-state index is -2.19. The number of hydrogen-bond donors (Lipinski definition) is 2. The molecule has 24 heavy (non-hydrogen) atoms. The second kappa shape index (κ2) is 17.6. The first-order valence-electron chi connectivity index (χ1n) is 5.75. The second-order valence-corrected chi connectivity index (χ2v) is 4.15. The van der Waals surface area contributed by atoms with Gasteiger partial charge in [-0.25, -0.2) is 0 Å². The van der Waals surface area contributed by atoms with Crippen LogP contribution >= 0.6 is 0 Å². The number of quaternary nitrogens is 2. The van der Waals surface area contributed by atoms with Gasteiger partial charge in [-0.15, -0.1) is 0 Å². The number of carbonyl (C=O) groups is 4. The van der Waals surface area contributed by atoms with E-state index >= 15 is 0 Å². The summed E-state index contributed by atoms with van der Waals surface area (Å²) < 4.78 is 0. The maximum Gasteiger partial charge on any atom is 2.00 e. The minimum Gasteiger partial charge on any atom is -0.543 e. The van der Waals surface area contributed by atoms with Gasteiger partial charge in [0.1, 0.15) is 39.3 Å². The Kier molecular flexibility index (Phi) is 24.7. The van der Waals surface area contributed by atoms with Crippen molar-refractivity contribution < 1.29 is 82.9 Å². The quantitative estimate of drug-likeness (QED) is 0.286. The molecule has 0 aliphatic carbocycles. The van der Waals surface area contributed by atoms with Crippen LogP contribution in [0.5, 0.6) is 0 Å². The van der Waals surface area contributed by atoms with Crippen molar-refractivity contribution in [3.63, 3.8) is 0 Å². The standard InChI is InChI=1S/C6H12N2.2C2H2O4.Cu.3H2O/c1-2-8-5-3-7(1)4-6-8;2*3-1(4)2(5)6;;;;/h1-6H2;2*(H,3,4)(H,5,6);;3*1H2/q;;;+2;;;/p-2. The van der Waals surface area contributed by atoms with E-state index in [2.05, 4.69) is 0 Å². The maximum absolute atomic E-state index is 8.93. The molecule has 8 N–H and O–H groups in total. The molecule has 3 heterocycles. The summed E-state index contributed by atoms with van der Waals surface area (Å²) in [6.07, 6.45) is 0. The number of carboxylic acids is 4. The molecule has 0 atom stereocenters. The molecule has 3 aliphatic heterocycles. The zero-order chi connectivity index (χ0) is 15.7. The van der Waals surface area contributed by atoms with Crippen LogP contribution in [0.1, 0.15) is 0 Å². The average Bonchev–Trinajstić information content (AvgIpc) is 2.42. The topological polar surface area (TPSA) is 264 Å². The molecule has 3 aliphatic rings. The number of carboxylic acid groups (broad SMARTS) is 4. The van der Waals surface area contributed by atoms with Gasteiger partial charge in [-0.1, -0.05) is 0 Å². The van der Waals surface area contributed by atoms with E-state index in [1.54, 1.807) is 0 Å². The first-order valence-corrected chi connectivity index (χ1v) is 5.75. The number of rotatable bonds is 0. The minimum absolute atomic E-state index is 0. The summed E-state index contributed by atoms with van der Waals surface area (Å²) >= 11 is 0. The molecule has 14 heteroatoms. The van der Waals surface area contributed by atoms with Crippen LogP contribution in [0.3, 0.4) is 0 Å². The van der Waals surface area contributed by atoms with Gasteiger partial charge in [0.25, 0.3) is 0 Å². The van der Waals surface area contributed by atoms with E-state index in [1.807, 2.05) is 9.80 Å². The Labute approximate surface area is 146 Å². The van der Waals surface area contributed by atoms with Crippen molar-refractivity contribution in [2.24, 2.45) is 0 Å². The maximum atomic E-state index is 8.93. The predicted octanol–water partition coefficient (Wildman–Crippen LogP) is -12.7. The normalized spacial score (nSPS) is 18.7. The van der Waals surface area contributed by atoms with Crippen LogP contribution in [0, 0.1) is 0 Å². The molecule has 2 bridgehead atoms. The molecule has 147 valence electrons. The van der Waals surface area contributed by atoms with Crippen LogP contribution in [0.25, 0.3) is 0 Å². The molecule has 0 saturated carbocycles. The summed E-state index contributed by atoms with van der Waals surface area (Å²) in [5.74, 6) is -8.74. The summed E-state index contributed by atoms with van der Waals surface area (Å²) in [7, 11) is 0. The van der Waals surface area contributed by atoms with E-state index < -0.39 is 23.9 Å². The van der Waals surface area contributed by atoms with Gasteiger partial charge in [0.2, 0.25) is 0 Å². The summed E-state index contributed by atoms with van der Waals surface area (Å²) in [4.78, 5) is 39.4. The molecule has 0 amide bonds. The molecule has 3 saturated heterocycles. The Morgan fingerprint density at radius 3 is 0.667 bits per heavy atom. The van der Waals surface area contributed by atoms with Crippen LogP contribution in [0.2, 0.25) is 0 Å². The van der Waals surface area contributed by atoms with Gasteiger partial charge in [-0.05, 0) is 0 Å². The molecule has 0 aromatic rings. The van der Waals surface area contributed by atoms with Crippen molar-refractivity contribution in [2.45, 2.75) is 0 Å². The van der Waals surface area contributed by atoms with E-state index in [0.29, 0.717) is 0 Å². The molecule has 3 fully saturated rings. The van der Waals surface area contributed by atoms with E-state index in [9.17, 15) is 0 Å². The Balaban J connectivity index is -0.0000000708. The Morgan fingerprint density at radius 2 is 0.625 bits per heavy atom. The third-order valence-electron chi connectivity index (χ3n) is 2.83. The van der Waals surface area contributed by atoms with Crippen molar-refractivity contribution in [1.29, 1.82) is 0 Å².